The average Bonchev–Trinajstić information content (AvgIpc) is 3.33. The van der Waals surface area contributed by atoms with Gasteiger partial charge in [-0.3, -0.25) is 9.69 Å². The van der Waals surface area contributed by atoms with Gasteiger partial charge in [0.2, 0.25) is 0 Å². The van der Waals surface area contributed by atoms with E-state index in [9.17, 15) is 10.1 Å². The normalized spacial score (nSPS) is 15.1. The second-order valence-electron chi connectivity index (χ2n) is 7.51. The number of ether oxygens (including phenoxy) is 2. The van der Waals surface area contributed by atoms with E-state index < -0.39 is 0 Å². The molecule has 0 bridgehead atoms. The number of amides is 1. The van der Waals surface area contributed by atoms with Crippen molar-refractivity contribution in [2.45, 2.75) is 12.6 Å². The van der Waals surface area contributed by atoms with Crippen LogP contribution in [0.1, 0.15) is 27.7 Å². The van der Waals surface area contributed by atoms with Crippen molar-refractivity contribution in [2.24, 2.45) is 0 Å². The first kappa shape index (κ1) is 21.5. The van der Waals surface area contributed by atoms with Crippen LogP contribution in [0.5, 0.6) is 11.5 Å². The van der Waals surface area contributed by atoms with Gasteiger partial charge in [0.15, 0.2) is 5.76 Å². The summed E-state index contributed by atoms with van der Waals surface area (Å²) in [6, 6.07) is 20.8. The Kier molecular flexibility index (Phi) is 6.73. The van der Waals surface area contributed by atoms with Gasteiger partial charge in [0.1, 0.15) is 24.1 Å². The molecule has 7 heteroatoms. The van der Waals surface area contributed by atoms with Crippen LogP contribution in [0.4, 0.5) is 0 Å². The molecule has 0 radical (unpaired) electrons. The third-order valence-electron chi connectivity index (χ3n) is 5.60. The molecular weight excluding hydrogens is 406 g/mol. The van der Waals surface area contributed by atoms with E-state index in [1.54, 1.807) is 18.1 Å². The number of benzene rings is 2. The number of carbonyl (C=O) groups excluding carboxylic acids is 1. The number of carbonyl (C=O) groups is 1. The Labute approximate surface area is 187 Å². The maximum Gasteiger partial charge on any atom is 0.290 e. The standard InChI is InChI=1S/C25H25N3O4/c1-30-21-9-7-19(8-10-21)23(17-26)27-12-14-28(15-13-27)25(29)24-20(11-16-31-24)18-32-22-5-3-2-4-6-22/h2-11,16,23H,12-15,18H2,1H3. The van der Waals surface area contributed by atoms with E-state index >= 15 is 0 Å². The fourth-order valence-corrected chi connectivity index (χ4v) is 3.79. The molecule has 4 rings (SSSR count). The highest BCUT2D eigenvalue weighted by molar-refractivity contribution is 5.93. The number of hydrogen-bond donors (Lipinski definition) is 0. The first-order valence-corrected chi connectivity index (χ1v) is 10.5. The topological polar surface area (TPSA) is 78.9 Å². The predicted molar refractivity (Wildman–Crippen MR) is 118 cm³/mol. The minimum Gasteiger partial charge on any atom is -0.497 e. The van der Waals surface area contributed by atoms with Gasteiger partial charge in [-0.25, -0.2) is 0 Å². The fourth-order valence-electron chi connectivity index (χ4n) is 3.79. The zero-order valence-electron chi connectivity index (χ0n) is 17.9. The molecule has 0 aliphatic carbocycles. The molecule has 0 spiro atoms. The smallest absolute Gasteiger partial charge is 0.290 e. The summed E-state index contributed by atoms with van der Waals surface area (Å²) in [5.74, 6) is 1.65. The third-order valence-corrected chi connectivity index (χ3v) is 5.60. The van der Waals surface area contributed by atoms with E-state index in [4.69, 9.17) is 13.9 Å². The first-order valence-electron chi connectivity index (χ1n) is 10.5. The molecule has 7 nitrogen and oxygen atoms in total. The highest BCUT2D eigenvalue weighted by Gasteiger charge is 2.29. The summed E-state index contributed by atoms with van der Waals surface area (Å²) in [7, 11) is 1.62. The Morgan fingerprint density at radius 2 is 1.75 bits per heavy atom. The molecule has 1 aliphatic heterocycles. The van der Waals surface area contributed by atoms with Gasteiger partial charge in [0.05, 0.1) is 19.4 Å². The summed E-state index contributed by atoms with van der Waals surface area (Å²) in [5.41, 5.74) is 1.63. The number of hydrogen-bond acceptors (Lipinski definition) is 6. The van der Waals surface area contributed by atoms with Crippen molar-refractivity contribution in [1.82, 2.24) is 9.80 Å². The van der Waals surface area contributed by atoms with Crippen molar-refractivity contribution in [3.05, 3.63) is 83.8 Å². The van der Waals surface area contributed by atoms with E-state index in [0.29, 0.717) is 31.9 Å². The highest BCUT2D eigenvalue weighted by Crippen LogP contribution is 2.25. The number of furan rings is 1. The van der Waals surface area contributed by atoms with Crippen LogP contribution >= 0.6 is 0 Å². The van der Waals surface area contributed by atoms with E-state index in [0.717, 1.165) is 22.6 Å². The van der Waals surface area contributed by atoms with Crippen LogP contribution in [0.3, 0.4) is 0 Å². The van der Waals surface area contributed by atoms with Crippen molar-refractivity contribution >= 4 is 5.91 Å². The van der Waals surface area contributed by atoms with Gasteiger partial charge in [-0.2, -0.15) is 5.26 Å². The van der Waals surface area contributed by atoms with E-state index in [1.807, 2.05) is 54.6 Å². The molecule has 1 fully saturated rings. The Bertz CT molecular complexity index is 1060. The zero-order valence-corrected chi connectivity index (χ0v) is 17.9. The number of rotatable bonds is 7. The maximum absolute atomic E-state index is 13.1. The van der Waals surface area contributed by atoms with Crippen LogP contribution in [-0.2, 0) is 6.61 Å². The lowest BCUT2D eigenvalue weighted by atomic mass is 10.1. The van der Waals surface area contributed by atoms with Crippen molar-refractivity contribution in [2.75, 3.05) is 33.3 Å². The number of nitriles is 1. The van der Waals surface area contributed by atoms with Crippen molar-refractivity contribution < 1.29 is 18.7 Å². The molecule has 2 heterocycles. The Morgan fingerprint density at radius 3 is 2.41 bits per heavy atom. The van der Waals surface area contributed by atoms with Crippen molar-refractivity contribution in [1.29, 1.82) is 5.26 Å². The van der Waals surface area contributed by atoms with Gasteiger partial charge >= 0.3 is 0 Å². The van der Waals surface area contributed by atoms with Crippen LogP contribution in [0.25, 0.3) is 0 Å². The highest BCUT2D eigenvalue weighted by atomic mass is 16.5. The summed E-state index contributed by atoms with van der Waals surface area (Å²) in [5, 5.41) is 9.74. The minimum absolute atomic E-state index is 0.153. The fraction of sp³-hybridized carbons (Fsp3) is 0.280. The average molecular weight is 431 g/mol. The molecule has 3 aromatic rings. The SMILES string of the molecule is COc1ccc(C(C#N)N2CCN(C(=O)c3occc3COc3ccccc3)CC2)cc1. The molecule has 32 heavy (non-hydrogen) atoms. The van der Waals surface area contributed by atoms with Gasteiger partial charge in [-0.1, -0.05) is 30.3 Å². The van der Waals surface area contributed by atoms with Crippen LogP contribution in [0, 0.1) is 11.3 Å². The van der Waals surface area contributed by atoms with E-state index in [1.165, 1.54) is 6.26 Å². The summed E-state index contributed by atoms with van der Waals surface area (Å²) in [4.78, 5) is 16.9. The minimum atomic E-state index is -0.364. The molecule has 1 atom stereocenters. The Morgan fingerprint density at radius 1 is 1.03 bits per heavy atom. The summed E-state index contributed by atoms with van der Waals surface area (Å²) >= 11 is 0. The molecule has 1 aromatic heterocycles. The largest absolute Gasteiger partial charge is 0.497 e. The molecule has 0 saturated carbocycles. The van der Waals surface area contributed by atoms with Gasteiger partial charge < -0.3 is 18.8 Å². The van der Waals surface area contributed by atoms with Gasteiger partial charge in [0, 0.05) is 31.7 Å². The lowest BCUT2D eigenvalue weighted by Gasteiger charge is -2.36. The van der Waals surface area contributed by atoms with Crippen LogP contribution in [0.15, 0.2) is 71.3 Å². The second kappa shape index (κ2) is 10.0. The van der Waals surface area contributed by atoms with E-state index in [2.05, 4.69) is 11.0 Å². The molecule has 1 unspecified atom stereocenters. The molecular formula is C25H25N3O4. The monoisotopic (exact) mass is 431 g/mol. The zero-order chi connectivity index (χ0) is 22.3. The number of piperazine rings is 1. The summed E-state index contributed by atoms with van der Waals surface area (Å²) < 4.78 is 16.5. The van der Waals surface area contributed by atoms with Crippen LogP contribution in [-0.4, -0.2) is 49.0 Å². The Hall–Kier alpha value is -3.76. The molecule has 1 saturated heterocycles. The molecule has 164 valence electrons. The van der Waals surface area contributed by atoms with Crippen LogP contribution < -0.4 is 9.47 Å². The second-order valence-corrected chi connectivity index (χ2v) is 7.51. The third kappa shape index (κ3) is 4.76. The van der Waals surface area contributed by atoms with E-state index in [-0.39, 0.29) is 18.6 Å². The predicted octanol–water partition coefficient (Wildman–Crippen LogP) is 3.89. The molecule has 0 N–H and O–H groups in total. The van der Waals surface area contributed by atoms with Crippen molar-refractivity contribution in [3.8, 4) is 17.6 Å². The quantitative estimate of drug-likeness (QED) is 0.565. The molecule has 2 aromatic carbocycles. The number of methoxy groups -OCH3 is 1. The van der Waals surface area contributed by atoms with Gasteiger partial charge in [-0.05, 0) is 35.9 Å². The Balaban J connectivity index is 1.36. The number of para-hydroxylation sites is 1. The molecule has 1 aliphatic rings. The lowest BCUT2D eigenvalue weighted by molar-refractivity contribution is 0.0573. The maximum atomic E-state index is 13.1. The molecule has 1 amide bonds. The lowest BCUT2D eigenvalue weighted by Crippen LogP contribution is -2.49. The van der Waals surface area contributed by atoms with Gasteiger partial charge in [0.25, 0.3) is 5.91 Å². The summed E-state index contributed by atoms with van der Waals surface area (Å²) in [6.07, 6.45) is 1.52. The van der Waals surface area contributed by atoms with Crippen LogP contribution in [0.2, 0.25) is 0 Å². The first-order chi connectivity index (χ1) is 15.7. The van der Waals surface area contributed by atoms with Gasteiger partial charge in [-0.15, -0.1) is 0 Å². The van der Waals surface area contributed by atoms with Crippen molar-refractivity contribution in [3.63, 3.8) is 0 Å². The number of nitrogens with zero attached hydrogens (tertiary/aromatic N) is 3. The summed E-state index contributed by atoms with van der Waals surface area (Å²) in [6.45, 7) is 2.51.